The van der Waals surface area contributed by atoms with Gasteiger partial charge in [-0.3, -0.25) is 0 Å². The molecule has 0 fully saturated rings. The summed E-state index contributed by atoms with van der Waals surface area (Å²) in [6.45, 7) is 0. The molecule has 1 aliphatic heterocycles. The zero-order valence-electron chi connectivity index (χ0n) is 11.1. The van der Waals surface area contributed by atoms with E-state index in [4.69, 9.17) is 0 Å². The van der Waals surface area contributed by atoms with Crippen molar-refractivity contribution in [3.63, 3.8) is 0 Å². The van der Waals surface area contributed by atoms with Gasteiger partial charge in [-0.2, -0.15) is 13.2 Å². The van der Waals surface area contributed by atoms with Crippen LogP contribution in [0.5, 0.6) is 0 Å². The molecule has 22 heavy (non-hydrogen) atoms. The Kier molecular flexibility index (Phi) is 4.03. The number of rotatable bonds is 2. The van der Waals surface area contributed by atoms with Crippen molar-refractivity contribution in [3.8, 4) is 0 Å². The van der Waals surface area contributed by atoms with Crippen molar-refractivity contribution in [2.75, 3.05) is 5.75 Å². The van der Waals surface area contributed by atoms with Crippen LogP contribution in [-0.2, 0) is 16.0 Å². The summed E-state index contributed by atoms with van der Waals surface area (Å²) in [5.74, 6) is 0.0388. The Morgan fingerprint density at radius 1 is 1.23 bits per heavy atom. The summed E-state index contributed by atoms with van der Waals surface area (Å²) in [7, 11) is -3.23. The Labute approximate surface area is 134 Å². The maximum atomic E-state index is 12.8. The van der Waals surface area contributed by atoms with Gasteiger partial charge in [0.2, 0.25) is 0 Å². The van der Waals surface area contributed by atoms with Crippen LogP contribution in [0.15, 0.2) is 44.8 Å². The van der Waals surface area contributed by atoms with Crippen LogP contribution >= 0.6 is 23.1 Å². The van der Waals surface area contributed by atoms with Crippen molar-refractivity contribution in [1.29, 1.82) is 0 Å². The van der Waals surface area contributed by atoms with E-state index in [2.05, 4.69) is 0 Å². The first kappa shape index (κ1) is 15.9. The molecule has 1 aromatic carbocycles. The van der Waals surface area contributed by atoms with Gasteiger partial charge in [0.25, 0.3) is 0 Å². The Morgan fingerprint density at radius 3 is 2.73 bits per heavy atom. The lowest BCUT2D eigenvalue weighted by atomic mass is 10.2. The Morgan fingerprint density at radius 2 is 2.00 bits per heavy atom. The van der Waals surface area contributed by atoms with E-state index in [1.165, 1.54) is 29.2 Å². The molecular formula is C14H11F3O2S3. The van der Waals surface area contributed by atoms with Crippen LogP contribution in [0.4, 0.5) is 13.2 Å². The van der Waals surface area contributed by atoms with Crippen LogP contribution in [0.3, 0.4) is 0 Å². The molecule has 0 amide bonds. The molecule has 1 atom stereocenters. The number of alkyl halides is 3. The van der Waals surface area contributed by atoms with E-state index in [9.17, 15) is 21.6 Å². The molecule has 2 nitrogen and oxygen atoms in total. The van der Waals surface area contributed by atoms with E-state index < -0.39 is 21.6 Å². The first-order valence-corrected chi connectivity index (χ1v) is 9.82. The van der Waals surface area contributed by atoms with Gasteiger partial charge >= 0.3 is 6.18 Å². The molecule has 8 heteroatoms. The number of fused-ring (bicyclic) bond motifs is 1. The fraction of sp³-hybridized carbons (Fsp3) is 0.286. The van der Waals surface area contributed by atoms with Crippen molar-refractivity contribution in [2.24, 2.45) is 0 Å². The monoisotopic (exact) mass is 364 g/mol. The fourth-order valence-corrected chi connectivity index (χ4v) is 6.87. The zero-order valence-corrected chi connectivity index (χ0v) is 13.6. The van der Waals surface area contributed by atoms with Crippen LogP contribution in [0, 0.1) is 0 Å². The van der Waals surface area contributed by atoms with Gasteiger partial charge in [0.05, 0.1) is 11.3 Å². The highest BCUT2D eigenvalue weighted by molar-refractivity contribution is 8.00. The van der Waals surface area contributed by atoms with Gasteiger partial charge in [0.1, 0.15) is 4.21 Å². The molecule has 2 aromatic rings. The normalized spacial score (nSPS) is 20.6. The minimum Gasteiger partial charge on any atom is -0.223 e. The molecule has 0 bridgehead atoms. The first-order valence-electron chi connectivity index (χ1n) is 6.41. The summed E-state index contributed by atoms with van der Waals surface area (Å²) in [6, 6.07) is 6.89. The van der Waals surface area contributed by atoms with E-state index in [1.54, 1.807) is 17.5 Å². The average molecular weight is 364 g/mol. The summed E-state index contributed by atoms with van der Waals surface area (Å²) in [4.78, 5) is 0.497. The third-order valence-corrected chi connectivity index (χ3v) is 8.02. The van der Waals surface area contributed by atoms with E-state index >= 15 is 0 Å². The van der Waals surface area contributed by atoms with Crippen molar-refractivity contribution < 1.29 is 21.6 Å². The van der Waals surface area contributed by atoms with Gasteiger partial charge in [-0.15, -0.1) is 23.1 Å². The van der Waals surface area contributed by atoms with Gasteiger partial charge in [-0.25, -0.2) is 8.42 Å². The van der Waals surface area contributed by atoms with E-state index in [0.29, 0.717) is 21.1 Å². The SMILES string of the molecule is O=S1(=O)CCC(Sc2cccc(C(F)(F)F)c2)c2ccsc21. The molecule has 2 heterocycles. The molecule has 0 aliphatic carbocycles. The fourth-order valence-electron chi connectivity index (χ4n) is 2.34. The van der Waals surface area contributed by atoms with Crippen LogP contribution < -0.4 is 0 Å². The number of hydrogen-bond acceptors (Lipinski definition) is 4. The summed E-state index contributed by atoms with van der Waals surface area (Å²) in [5.41, 5.74) is 0.0186. The standard InChI is InChI=1S/C14H11F3O2S3/c15-14(16,17)9-2-1-3-10(8-9)21-12-5-7-22(18,19)13-11(12)4-6-20-13/h1-4,6,8,12H,5,7H2. The maximum absolute atomic E-state index is 12.8. The Hall–Kier alpha value is -0.990. The lowest BCUT2D eigenvalue weighted by molar-refractivity contribution is -0.137. The largest absolute Gasteiger partial charge is 0.416 e. The first-order chi connectivity index (χ1) is 10.3. The second kappa shape index (κ2) is 5.58. The quantitative estimate of drug-likeness (QED) is 0.769. The van der Waals surface area contributed by atoms with Gasteiger partial charge < -0.3 is 0 Å². The van der Waals surface area contributed by atoms with Gasteiger partial charge in [0.15, 0.2) is 9.84 Å². The molecule has 0 spiro atoms. The predicted octanol–water partition coefficient (Wildman–Crippen LogP) is 4.78. The van der Waals surface area contributed by atoms with E-state index in [1.807, 2.05) is 0 Å². The van der Waals surface area contributed by atoms with Gasteiger partial charge in [-0.1, -0.05) is 6.07 Å². The highest BCUT2D eigenvalue weighted by Gasteiger charge is 2.33. The maximum Gasteiger partial charge on any atom is 0.416 e. The molecule has 1 unspecified atom stereocenters. The molecule has 0 radical (unpaired) electrons. The third kappa shape index (κ3) is 3.04. The van der Waals surface area contributed by atoms with Gasteiger partial charge in [0, 0.05) is 10.1 Å². The Balaban J connectivity index is 1.90. The Bertz CT molecular complexity index is 794. The second-order valence-electron chi connectivity index (χ2n) is 4.90. The smallest absolute Gasteiger partial charge is 0.223 e. The summed E-state index contributed by atoms with van der Waals surface area (Å²) in [6.07, 6.45) is -3.97. The number of halogens is 3. The summed E-state index contributed by atoms with van der Waals surface area (Å²) in [5, 5.41) is 1.58. The molecule has 118 valence electrons. The zero-order chi connectivity index (χ0) is 16.0. The molecule has 1 aromatic heterocycles. The number of hydrogen-bond donors (Lipinski definition) is 0. The molecule has 1 aliphatic rings. The molecular weight excluding hydrogens is 353 g/mol. The molecule has 0 saturated carbocycles. The highest BCUT2D eigenvalue weighted by atomic mass is 32.2. The second-order valence-corrected chi connectivity index (χ2v) is 9.40. The molecule has 0 N–H and O–H groups in total. The van der Waals surface area contributed by atoms with Crippen LogP contribution in [-0.4, -0.2) is 14.2 Å². The van der Waals surface area contributed by atoms with Gasteiger partial charge in [-0.05, 0) is 41.6 Å². The number of thioether (sulfide) groups is 1. The van der Waals surface area contributed by atoms with Crippen molar-refractivity contribution in [1.82, 2.24) is 0 Å². The lowest BCUT2D eigenvalue weighted by Crippen LogP contribution is -2.16. The highest BCUT2D eigenvalue weighted by Crippen LogP contribution is 2.46. The molecule has 3 rings (SSSR count). The summed E-state index contributed by atoms with van der Waals surface area (Å²) >= 11 is 2.46. The van der Waals surface area contributed by atoms with Crippen molar-refractivity contribution in [2.45, 2.75) is 27.0 Å². The van der Waals surface area contributed by atoms with Crippen LogP contribution in [0.25, 0.3) is 0 Å². The van der Waals surface area contributed by atoms with Crippen LogP contribution in [0.1, 0.15) is 22.8 Å². The van der Waals surface area contributed by atoms with Crippen molar-refractivity contribution >= 4 is 32.9 Å². The van der Waals surface area contributed by atoms with Crippen LogP contribution in [0.2, 0.25) is 0 Å². The number of thiophene rings is 1. The summed E-state index contributed by atoms with van der Waals surface area (Å²) < 4.78 is 62.5. The molecule has 0 saturated heterocycles. The minimum atomic E-state index is -4.37. The third-order valence-electron chi connectivity index (χ3n) is 3.38. The van der Waals surface area contributed by atoms with E-state index in [-0.39, 0.29) is 11.0 Å². The lowest BCUT2D eigenvalue weighted by Gasteiger charge is -2.22. The number of sulfone groups is 1. The number of benzene rings is 1. The van der Waals surface area contributed by atoms with Crippen molar-refractivity contribution in [3.05, 3.63) is 46.8 Å². The van der Waals surface area contributed by atoms with E-state index in [0.717, 1.165) is 12.1 Å². The minimum absolute atomic E-state index is 0.0388. The predicted molar refractivity (Wildman–Crippen MR) is 81.0 cm³/mol. The topological polar surface area (TPSA) is 34.1 Å². The average Bonchev–Trinajstić information content (AvgIpc) is 2.93.